The molecule has 3 saturated carbocycles. The number of nitrogens with two attached hydrogens (primary N) is 1. The number of aryl methyl sites for hydroxylation is 6. The van der Waals surface area contributed by atoms with E-state index in [0.29, 0.717) is 64.7 Å². The van der Waals surface area contributed by atoms with Crippen LogP contribution in [-0.4, -0.2) is 144 Å². The SMILES string of the molecule is C.CCc1cc(-c2ccc(CS(=O)(=O)c3ccccc3Cl)nc2C)cc2cnc(F)nc12.CCc1cc(-c2ccc(CS(=O)(=O)c3ccccc3Cl)nc2C)cc2cnc(NC3CCC(N(C)C(=O)OC(C)(C)C)CC3)nc12.CCc1cc(-c2ccc(CS(=O)(=O)c3ccccc3Cl)nc2C)cc2cnc(NC3CCC(NC)CC3)nc12.CNC1CCC(N)CC1. The number of hydrogen-bond donors (Lipinski definition) is 5. The molecule has 0 radical (unpaired) electrons. The molecule has 6 N–H and O–H groups in total. The highest BCUT2D eigenvalue weighted by atomic mass is 35.5. The van der Waals surface area contributed by atoms with Crippen LogP contribution in [0.15, 0.2) is 179 Å². The van der Waals surface area contributed by atoms with Gasteiger partial charge in [0.05, 0.1) is 80.6 Å². The second-order valence-corrected chi connectivity index (χ2v) is 40.4. The van der Waals surface area contributed by atoms with Gasteiger partial charge in [-0.15, -0.1) is 0 Å². The average Bonchev–Trinajstić information content (AvgIpc) is 0.782. The Morgan fingerprint density at radius 3 is 1.10 bits per heavy atom. The third-order valence-corrected chi connectivity index (χ3v) is 29.6. The van der Waals surface area contributed by atoms with E-state index in [9.17, 15) is 34.4 Å². The van der Waals surface area contributed by atoms with E-state index in [1.54, 1.807) is 77.7 Å². The molecule has 668 valence electrons. The summed E-state index contributed by atoms with van der Waals surface area (Å²) in [6, 6.07) is 45.1. The number of nitrogens with one attached hydrogen (secondary N) is 4. The molecule has 30 heteroatoms. The number of ether oxygens (including phenoxy) is 1. The molecule has 126 heavy (non-hydrogen) atoms. The lowest BCUT2D eigenvalue weighted by molar-refractivity contribution is 0.0185. The van der Waals surface area contributed by atoms with E-state index in [4.69, 9.17) is 55.2 Å². The molecule has 6 aromatic carbocycles. The summed E-state index contributed by atoms with van der Waals surface area (Å²) in [4.78, 5) is 55.1. The van der Waals surface area contributed by atoms with Crippen LogP contribution >= 0.6 is 34.8 Å². The highest BCUT2D eigenvalue weighted by Crippen LogP contribution is 2.37. The Balaban J connectivity index is 0.000000176. The van der Waals surface area contributed by atoms with Crippen LogP contribution in [0.1, 0.15) is 177 Å². The zero-order chi connectivity index (χ0) is 89.7. The fraction of sp³-hybridized carbons (Fsp3) is 0.396. The molecular weight excluding hydrogens is 1710 g/mol. The summed E-state index contributed by atoms with van der Waals surface area (Å²) in [5, 5.41) is 17.0. The van der Waals surface area contributed by atoms with Crippen molar-refractivity contribution in [2.24, 2.45) is 5.73 Å². The zero-order valence-electron chi connectivity index (χ0n) is 72.8. The monoisotopic (exact) mass is 1830 g/mol. The molecule has 0 saturated heterocycles. The Morgan fingerprint density at radius 1 is 0.460 bits per heavy atom. The largest absolute Gasteiger partial charge is 0.444 e. The Morgan fingerprint density at radius 2 is 0.778 bits per heavy atom. The molecule has 0 spiro atoms. The minimum absolute atomic E-state index is 0. The molecule has 0 unspecified atom stereocenters. The van der Waals surface area contributed by atoms with Gasteiger partial charge in [-0.1, -0.05) is 118 Å². The fourth-order valence-corrected chi connectivity index (χ4v) is 21.9. The first-order chi connectivity index (χ1) is 59.6. The van der Waals surface area contributed by atoms with Crippen LogP contribution in [0.5, 0.6) is 0 Å². The van der Waals surface area contributed by atoms with Crippen molar-refractivity contribution < 1.29 is 39.2 Å². The first kappa shape index (κ1) is 96.8. The lowest BCUT2D eigenvalue weighted by Crippen LogP contribution is -2.43. The summed E-state index contributed by atoms with van der Waals surface area (Å²) in [5.74, 6) is 0.584. The Hall–Kier alpha value is -9.81. The quantitative estimate of drug-likeness (QED) is 0.0394. The van der Waals surface area contributed by atoms with E-state index in [1.165, 1.54) is 50.1 Å². The summed E-state index contributed by atoms with van der Waals surface area (Å²) in [7, 11) is -5.01. The van der Waals surface area contributed by atoms with Crippen molar-refractivity contribution in [1.82, 2.24) is 60.4 Å². The second-order valence-electron chi connectivity index (χ2n) is 33.3. The number of rotatable bonds is 22. The van der Waals surface area contributed by atoms with E-state index in [2.05, 4.69) is 94.3 Å². The van der Waals surface area contributed by atoms with Crippen LogP contribution in [-0.2, 0) is 70.8 Å². The van der Waals surface area contributed by atoms with E-state index < -0.39 is 41.2 Å². The van der Waals surface area contributed by atoms with Gasteiger partial charge < -0.3 is 36.6 Å². The predicted molar refractivity (Wildman–Crippen MR) is 506 cm³/mol. The van der Waals surface area contributed by atoms with Crippen molar-refractivity contribution in [2.45, 2.75) is 240 Å². The van der Waals surface area contributed by atoms with Crippen LogP contribution in [0, 0.1) is 26.8 Å². The molecule has 3 fully saturated rings. The standard InChI is InChI=1S/C35H42ClN5O4S.C30H34ClN5O2S.C23H19ClFN3O2S.C7H16N2.CH4/c1-7-23-18-24(29-17-14-27(38-22(29)2)21-46(43,44)31-11-9-8-10-30(31)36)19-25-20-37-33(40-32(23)25)39-26-12-15-28(16-13-26)41(6)34(42)45-35(3,4)5;1-4-20-15-21(16-22-17-33-30(36-29(20)22)35-24-11-9-23(32-3)10-12-24)26-14-13-25(34-19(26)2)18-39(37,38)28-8-6-5-7-27(28)31;1-3-15-10-16(11-17-12-26-23(25)28-22(15)17)19-9-8-18(27-14(19)2)13-31(29,30)21-7-5-4-6-20(21)24;1-9-7-4-2-6(8)3-5-7;/h8-11,14,17-20,26,28H,7,12-13,15-16,21H2,1-6H3,(H,37,39,40);5-8,13-17,23-24,32H,4,9-12,18H2,1-3H3,(H,33,35,36);4-12H,3,13H2,1-2H3;6-7,9H,2-5,8H2,1H3;1H4. The Labute approximate surface area is 756 Å². The molecule has 0 atom stereocenters. The van der Waals surface area contributed by atoms with Crippen LogP contribution < -0.4 is 27.0 Å². The van der Waals surface area contributed by atoms with Gasteiger partial charge in [0.2, 0.25) is 11.9 Å². The van der Waals surface area contributed by atoms with Crippen LogP contribution in [0.3, 0.4) is 0 Å². The fourth-order valence-electron chi connectivity index (χ4n) is 16.3. The minimum atomic E-state index is -3.65. The first-order valence-electron chi connectivity index (χ1n) is 42.6. The van der Waals surface area contributed by atoms with E-state index in [0.717, 1.165) is 159 Å². The number of benzene rings is 6. The summed E-state index contributed by atoms with van der Waals surface area (Å²) in [5.41, 5.74) is 20.0. The van der Waals surface area contributed by atoms with Crippen molar-refractivity contribution in [3.8, 4) is 33.4 Å². The third kappa shape index (κ3) is 24.7. The summed E-state index contributed by atoms with van der Waals surface area (Å²) < 4.78 is 96.5. The number of fused-ring (bicyclic) bond motifs is 3. The van der Waals surface area contributed by atoms with Crippen molar-refractivity contribution in [3.05, 3.63) is 236 Å². The number of amides is 1. The second kappa shape index (κ2) is 42.9. The highest BCUT2D eigenvalue weighted by Gasteiger charge is 2.32. The average molecular weight is 1830 g/mol. The highest BCUT2D eigenvalue weighted by molar-refractivity contribution is 7.91. The number of sulfone groups is 3. The zero-order valence-corrected chi connectivity index (χ0v) is 77.5. The molecular formula is C96H115Cl3FN15O8S3. The maximum atomic E-state index is 13.5. The van der Waals surface area contributed by atoms with Crippen LogP contribution in [0.2, 0.25) is 15.1 Å². The van der Waals surface area contributed by atoms with Gasteiger partial charge in [-0.05, 0) is 276 Å². The maximum absolute atomic E-state index is 13.5. The molecule has 12 aromatic rings. The summed E-state index contributed by atoms with van der Waals surface area (Å²) in [6.07, 6.45) is 19.5. The van der Waals surface area contributed by atoms with Gasteiger partial charge in [0.1, 0.15) is 5.60 Å². The lowest BCUT2D eigenvalue weighted by Gasteiger charge is -2.35. The number of carbonyl (C=O) groups is 1. The van der Waals surface area contributed by atoms with Gasteiger partial charge in [0.25, 0.3) is 0 Å². The first-order valence-corrected chi connectivity index (χ1v) is 48.7. The summed E-state index contributed by atoms with van der Waals surface area (Å²) >= 11 is 18.4. The topological polar surface area (TPSA) is 322 Å². The molecule has 1 amide bonds. The van der Waals surface area contributed by atoms with Crippen molar-refractivity contribution in [3.63, 3.8) is 0 Å². The van der Waals surface area contributed by atoms with Gasteiger partial charge in [0.15, 0.2) is 29.5 Å². The molecule has 15 rings (SSSR count). The molecule has 0 aliphatic heterocycles. The molecule has 0 bridgehead atoms. The lowest BCUT2D eigenvalue weighted by atomic mass is 9.90. The summed E-state index contributed by atoms with van der Waals surface area (Å²) in [6.45, 7) is 17.5. The molecule has 6 heterocycles. The number of nitrogens with zero attached hydrogens (tertiary/aromatic N) is 10. The van der Waals surface area contributed by atoms with E-state index in [-0.39, 0.29) is 72.6 Å². The van der Waals surface area contributed by atoms with Crippen molar-refractivity contribution >= 4 is 115 Å². The van der Waals surface area contributed by atoms with Crippen molar-refractivity contribution in [1.29, 1.82) is 0 Å². The number of aromatic nitrogens is 9. The number of halogens is 4. The number of carbonyl (C=O) groups excluding carboxylic acids is 1. The minimum Gasteiger partial charge on any atom is -0.444 e. The molecule has 3 aliphatic carbocycles. The van der Waals surface area contributed by atoms with Gasteiger partial charge >= 0.3 is 12.2 Å². The van der Waals surface area contributed by atoms with Gasteiger partial charge in [-0.3, -0.25) is 15.0 Å². The maximum Gasteiger partial charge on any atom is 0.410 e. The Bertz CT molecular complexity index is 6230. The van der Waals surface area contributed by atoms with E-state index in [1.807, 2.05) is 112 Å². The number of anilines is 2. The number of hydrogen-bond acceptors (Lipinski definition) is 22. The van der Waals surface area contributed by atoms with E-state index >= 15 is 0 Å². The van der Waals surface area contributed by atoms with Crippen LogP contribution in [0.4, 0.5) is 21.1 Å². The normalized spacial score (nSPS) is 17.3. The smallest absolute Gasteiger partial charge is 0.410 e. The van der Waals surface area contributed by atoms with Crippen LogP contribution in [0.25, 0.3) is 66.1 Å². The van der Waals surface area contributed by atoms with Gasteiger partial charge in [0, 0.05) is 112 Å². The van der Waals surface area contributed by atoms with Crippen molar-refractivity contribution in [2.75, 3.05) is 31.8 Å². The molecule has 23 nitrogen and oxygen atoms in total. The predicted octanol–water partition coefficient (Wildman–Crippen LogP) is 20.4. The van der Waals surface area contributed by atoms with Gasteiger partial charge in [-0.2, -0.15) is 4.39 Å². The number of pyridine rings is 3. The van der Waals surface area contributed by atoms with Gasteiger partial charge in [-0.25, -0.2) is 60.0 Å². The molecule has 6 aromatic heterocycles. The third-order valence-electron chi connectivity index (χ3n) is 23.2. The molecule has 3 aliphatic rings. The Kier molecular flexibility index (Phi) is 32.9.